The lowest BCUT2D eigenvalue weighted by Gasteiger charge is -2.15. The Morgan fingerprint density at radius 1 is 0.556 bits per heavy atom. The second-order valence-corrected chi connectivity index (χ2v) is 5.77. The van der Waals surface area contributed by atoms with Gasteiger partial charge < -0.3 is 15.3 Å². The van der Waals surface area contributed by atoms with Crippen molar-refractivity contribution in [1.82, 2.24) is 0 Å². The second kappa shape index (κ2) is 7.13. The lowest BCUT2D eigenvalue weighted by Crippen LogP contribution is -2.07. The molecule has 0 unspecified atom stereocenters. The van der Waals surface area contributed by atoms with Gasteiger partial charge in [-0.2, -0.15) is 0 Å². The number of rotatable bonds is 5. The molecule has 3 rings (SSSR count). The van der Waals surface area contributed by atoms with E-state index in [1.165, 1.54) is 30.3 Å². The highest BCUT2D eigenvalue weighted by Crippen LogP contribution is 2.36. The first kappa shape index (κ1) is 17.9. The molecule has 0 radical (unpaired) electrons. The van der Waals surface area contributed by atoms with Gasteiger partial charge in [-0.25, -0.2) is 14.4 Å². The highest BCUT2D eigenvalue weighted by atomic mass is 16.4. The van der Waals surface area contributed by atoms with E-state index < -0.39 is 17.9 Å². The van der Waals surface area contributed by atoms with Crippen LogP contribution in [0.15, 0.2) is 66.7 Å². The zero-order valence-electron chi connectivity index (χ0n) is 13.9. The van der Waals surface area contributed by atoms with E-state index in [4.69, 9.17) is 5.11 Å². The quantitative estimate of drug-likeness (QED) is 0.629. The zero-order chi connectivity index (χ0) is 19.6. The Bertz CT molecular complexity index is 1020. The van der Waals surface area contributed by atoms with Gasteiger partial charge in [0.1, 0.15) is 0 Å². The van der Waals surface area contributed by atoms with Crippen LogP contribution in [0.25, 0.3) is 22.3 Å². The Labute approximate surface area is 154 Å². The van der Waals surface area contributed by atoms with E-state index in [0.717, 1.165) is 0 Å². The molecule has 0 atom stereocenters. The van der Waals surface area contributed by atoms with Crippen molar-refractivity contribution in [2.75, 3.05) is 0 Å². The SMILES string of the molecule is O=C(O)c1ccc(-c2ccccc2-c2c(C(=O)O)cccc2C(=O)O)cc1. The van der Waals surface area contributed by atoms with Gasteiger partial charge in [0.25, 0.3) is 0 Å². The molecule has 0 heterocycles. The van der Waals surface area contributed by atoms with Crippen LogP contribution >= 0.6 is 0 Å². The van der Waals surface area contributed by atoms with Crippen molar-refractivity contribution in [2.24, 2.45) is 0 Å². The lowest BCUT2D eigenvalue weighted by molar-refractivity contribution is 0.0683. The van der Waals surface area contributed by atoms with Crippen molar-refractivity contribution < 1.29 is 29.7 Å². The van der Waals surface area contributed by atoms with Gasteiger partial charge in [0, 0.05) is 5.56 Å². The molecule has 0 amide bonds. The van der Waals surface area contributed by atoms with Gasteiger partial charge >= 0.3 is 17.9 Å². The molecule has 27 heavy (non-hydrogen) atoms. The number of carboxylic acid groups (broad SMARTS) is 3. The van der Waals surface area contributed by atoms with E-state index in [2.05, 4.69) is 0 Å². The fraction of sp³-hybridized carbons (Fsp3) is 0. The molecule has 3 N–H and O–H groups in total. The third-order valence-electron chi connectivity index (χ3n) is 4.16. The largest absolute Gasteiger partial charge is 0.478 e. The molecule has 0 saturated heterocycles. The molecule has 134 valence electrons. The Kier molecular flexibility index (Phi) is 4.72. The predicted octanol–water partition coefficient (Wildman–Crippen LogP) is 4.12. The molecule has 0 aliphatic rings. The number of hydrogen-bond acceptors (Lipinski definition) is 3. The molecule has 0 aliphatic carbocycles. The van der Waals surface area contributed by atoms with Crippen LogP contribution in [0.5, 0.6) is 0 Å². The summed E-state index contributed by atoms with van der Waals surface area (Å²) in [5.41, 5.74) is 1.67. The number of carbonyl (C=O) groups is 3. The maximum absolute atomic E-state index is 11.7. The second-order valence-electron chi connectivity index (χ2n) is 5.77. The van der Waals surface area contributed by atoms with Gasteiger partial charge in [-0.1, -0.05) is 42.5 Å². The van der Waals surface area contributed by atoms with Crippen LogP contribution in [0.3, 0.4) is 0 Å². The van der Waals surface area contributed by atoms with E-state index in [0.29, 0.717) is 16.7 Å². The summed E-state index contributed by atoms with van der Waals surface area (Å²) in [5.74, 6) is -3.52. The molecule has 0 saturated carbocycles. The molecule has 0 spiro atoms. The molecule has 0 aromatic heterocycles. The molecule has 6 nitrogen and oxygen atoms in total. The molecule has 6 heteroatoms. The third-order valence-corrected chi connectivity index (χ3v) is 4.16. The van der Waals surface area contributed by atoms with Crippen molar-refractivity contribution in [3.05, 3.63) is 83.4 Å². The first-order valence-electron chi connectivity index (χ1n) is 7.93. The normalized spacial score (nSPS) is 10.4. The summed E-state index contributed by atoms with van der Waals surface area (Å²) in [6.07, 6.45) is 0. The van der Waals surface area contributed by atoms with Crippen molar-refractivity contribution in [2.45, 2.75) is 0 Å². The first-order chi connectivity index (χ1) is 12.9. The third kappa shape index (κ3) is 3.41. The fourth-order valence-corrected chi connectivity index (χ4v) is 2.94. The average molecular weight is 362 g/mol. The first-order valence-corrected chi connectivity index (χ1v) is 7.93. The van der Waals surface area contributed by atoms with E-state index in [-0.39, 0.29) is 22.3 Å². The summed E-state index contributed by atoms with van der Waals surface area (Å²) in [5, 5.41) is 28.1. The van der Waals surface area contributed by atoms with Gasteiger partial charge in [-0.3, -0.25) is 0 Å². The molecular weight excluding hydrogens is 348 g/mol. The average Bonchev–Trinajstić information content (AvgIpc) is 2.67. The lowest BCUT2D eigenvalue weighted by atomic mass is 9.88. The summed E-state index contributed by atoms with van der Waals surface area (Å²) >= 11 is 0. The van der Waals surface area contributed by atoms with Crippen LogP contribution in [-0.4, -0.2) is 33.2 Å². The summed E-state index contributed by atoms with van der Waals surface area (Å²) in [7, 11) is 0. The molecule has 3 aromatic rings. The molecule has 0 fully saturated rings. The van der Waals surface area contributed by atoms with Gasteiger partial charge in [0.15, 0.2) is 0 Å². The molecule has 3 aromatic carbocycles. The van der Waals surface area contributed by atoms with Crippen molar-refractivity contribution >= 4 is 17.9 Å². The summed E-state index contributed by atoms with van der Waals surface area (Å²) < 4.78 is 0. The standard InChI is InChI=1S/C21H14O6/c22-19(23)13-10-8-12(9-11-13)14-4-1-2-5-15(14)18-16(20(24)25)6-3-7-17(18)21(26)27/h1-11H,(H,22,23)(H,24,25)(H,26,27). The fourth-order valence-electron chi connectivity index (χ4n) is 2.94. The maximum Gasteiger partial charge on any atom is 0.336 e. The van der Waals surface area contributed by atoms with E-state index >= 15 is 0 Å². The minimum atomic E-state index is -1.23. The Morgan fingerprint density at radius 2 is 1.07 bits per heavy atom. The Morgan fingerprint density at radius 3 is 1.56 bits per heavy atom. The van der Waals surface area contributed by atoms with Crippen LogP contribution in [0.1, 0.15) is 31.1 Å². The van der Waals surface area contributed by atoms with Crippen molar-refractivity contribution in [3.63, 3.8) is 0 Å². The highest BCUT2D eigenvalue weighted by molar-refractivity contribution is 6.07. The maximum atomic E-state index is 11.7. The van der Waals surface area contributed by atoms with Gasteiger partial charge in [-0.15, -0.1) is 0 Å². The van der Waals surface area contributed by atoms with E-state index in [1.807, 2.05) is 0 Å². The van der Waals surface area contributed by atoms with E-state index in [1.54, 1.807) is 36.4 Å². The minimum Gasteiger partial charge on any atom is -0.478 e. The number of benzene rings is 3. The van der Waals surface area contributed by atoms with E-state index in [9.17, 15) is 24.6 Å². The predicted molar refractivity (Wildman–Crippen MR) is 98.2 cm³/mol. The zero-order valence-corrected chi connectivity index (χ0v) is 13.9. The van der Waals surface area contributed by atoms with Crippen LogP contribution in [0.4, 0.5) is 0 Å². The summed E-state index contributed by atoms with van der Waals surface area (Å²) in [6, 6.07) is 17.0. The molecule has 0 aliphatic heterocycles. The Balaban J connectivity index is 2.28. The van der Waals surface area contributed by atoms with Crippen LogP contribution in [0.2, 0.25) is 0 Å². The number of aromatic carboxylic acids is 3. The summed E-state index contributed by atoms with van der Waals surface area (Å²) in [4.78, 5) is 34.4. The van der Waals surface area contributed by atoms with Gasteiger partial charge in [0.2, 0.25) is 0 Å². The molecular formula is C21H14O6. The topological polar surface area (TPSA) is 112 Å². The smallest absolute Gasteiger partial charge is 0.336 e. The van der Waals surface area contributed by atoms with Crippen LogP contribution in [-0.2, 0) is 0 Å². The van der Waals surface area contributed by atoms with Crippen LogP contribution < -0.4 is 0 Å². The summed E-state index contributed by atoms with van der Waals surface area (Å²) in [6.45, 7) is 0. The highest BCUT2D eigenvalue weighted by Gasteiger charge is 2.22. The van der Waals surface area contributed by atoms with Gasteiger partial charge in [-0.05, 0) is 41.0 Å². The van der Waals surface area contributed by atoms with Crippen LogP contribution in [0, 0.1) is 0 Å². The van der Waals surface area contributed by atoms with Crippen molar-refractivity contribution in [1.29, 1.82) is 0 Å². The molecule has 0 bridgehead atoms. The minimum absolute atomic E-state index is 0.107. The monoisotopic (exact) mass is 362 g/mol. The van der Waals surface area contributed by atoms with Gasteiger partial charge in [0.05, 0.1) is 16.7 Å². The Hall–Kier alpha value is -3.93. The number of hydrogen-bond donors (Lipinski definition) is 3. The number of carboxylic acids is 3. The van der Waals surface area contributed by atoms with Crippen molar-refractivity contribution in [3.8, 4) is 22.3 Å².